The number of nitrogens with zero attached hydrogens (tertiary/aromatic N) is 7. The summed E-state index contributed by atoms with van der Waals surface area (Å²) >= 11 is 0. The van der Waals surface area contributed by atoms with Crippen molar-refractivity contribution in [1.82, 2.24) is 29.9 Å². The van der Waals surface area contributed by atoms with Gasteiger partial charge in [-0.05, 0) is 117 Å². The van der Waals surface area contributed by atoms with Crippen LogP contribution in [-0.2, 0) is 9.53 Å². The number of phenols is 1. The molecule has 0 bridgehead atoms. The van der Waals surface area contributed by atoms with Crippen molar-refractivity contribution in [3.8, 4) is 17.0 Å². The summed E-state index contributed by atoms with van der Waals surface area (Å²) < 4.78 is 25.2. The van der Waals surface area contributed by atoms with Crippen LogP contribution in [0.15, 0.2) is 72.9 Å². The summed E-state index contributed by atoms with van der Waals surface area (Å²) in [5.74, 6) is 0.446. The number of carbonyl (C=O) groups is 3. The number of likely N-dealkylation sites (tertiary alicyclic amines) is 2. The summed E-state index contributed by atoms with van der Waals surface area (Å²) in [5, 5.41) is 22.5. The molecule has 1 aliphatic carbocycles. The van der Waals surface area contributed by atoms with E-state index in [9.17, 15) is 19.5 Å². The third-order valence-electron chi connectivity index (χ3n) is 14.4. The lowest BCUT2D eigenvalue weighted by atomic mass is 9.87. The zero-order chi connectivity index (χ0) is 44.1. The van der Waals surface area contributed by atoms with Gasteiger partial charge >= 0.3 is 6.03 Å². The molecule has 15 heteroatoms. The first-order valence-electron chi connectivity index (χ1n) is 22.9. The fourth-order valence-corrected chi connectivity index (χ4v) is 10.5. The number of aromatic hydroxyl groups is 1. The Morgan fingerprint density at radius 3 is 2.47 bits per heavy atom. The maximum atomic E-state index is 16.6. The monoisotopic (exact) mass is 869 g/mol. The topological polar surface area (TPSA) is 162 Å². The Labute approximate surface area is 372 Å². The van der Waals surface area contributed by atoms with Gasteiger partial charge in [-0.2, -0.15) is 0 Å². The highest BCUT2D eigenvalue weighted by molar-refractivity contribution is 6.06. The smallest absolute Gasteiger partial charge is 0.328 e. The summed E-state index contributed by atoms with van der Waals surface area (Å²) in [6.45, 7) is 6.70. The number of urea groups is 1. The first-order chi connectivity index (χ1) is 31.0. The summed E-state index contributed by atoms with van der Waals surface area (Å²) in [4.78, 5) is 46.1. The number of phenolic OH excluding ortho intramolecular Hbond substituents is 1. The van der Waals surface area contributed by atoms with Gasteiger partial charge < -0.3 is 34.8 Å². The predicted molar refractivity (Wildman–Crippen MR) is 243 cm³/mol. The largest absolute Gasteiger partial charge is 0.507 e. The third kappa shape index (κ3) is 8.15. The van der Waals surface area contributed by atoms with Gasteiger partial charge in [0, 0.05) is 93.0 Å². The predicted octanol–water partition coefficient (Wildman–Crippen LogP) is 7.27. The van der Waals surface area contributed by atoms with Crippen molar-refractivity contribution < 1.29 is 28.6 Å². The molecule has 5 fully saturated rings. The Balaban J connectivity index is 0.741. The number of rotatable bonds is 9. The molecule has 1 saturated carbocycles. The van der Waals surface area contributed by atoms with Crippen LogP contribution in [0.25, 0.3) is 22.2 Å². The van der Waals surface area contributed by atoms with Crippen LogP contribution in [0.1, 0.15) is 96.5 Å². The third-order valence-corrected chi connectivity index (χ3v) is 14.4. The number of halogens is 1. The van der Waals surface area contributed by atoms with Crippen molar-refractivity contribution >= 4 is 45.9 Å². The van der Waals surface area contributed by atoms with Crippen LogP contribution in [0.3, 0.4) is 0 Å². The van der Waals surface area contributed by atoms with E-state index in [4.69, 9.17) is 10.5 Å². The van der Waals surface area contributed by atoms with E-state index in [1.54, 1.807) is 28.0 Å². The van der Waals surface area contributed by atoms with Gasteiger partial charge in [-0.1, -0.05) is 24.3 Å². The van der Waals surface area contributed by atoms with E-state index >= 15 is 4.39 Å². The van der Waals surface area contributed by atoms with Crippen LogP contribution in [0, 0.1) is 6.92 Å². The molecule has 10 rings (SSSR count). The zero-order valence-electron chi connectivity index (χ0n) is 36.3. The molecule has 0 unspecified atom stereocenters. The van der Waals surface area contributed by atoms with Crippen molar-refractivity contribution in [2.75, 3.05) is 74.5 Å². The van der Waals surface area contributed by atoms with E-state index in [-0.39, 0.29) is 36.1 Å². The number of fused-ring (bicyclic) bond motifs is 1. The Bertz CT molecular complexity index is 2600. The lowest BCUT2D eigenvalue weighted by molar-refractivity contribution is -0.120. The van der Waals surface area contributed by atoms with Crippen LogP contribution in [0.2, 0.25) is 0 Å². The van der Waals surface area contributed by atoms with Crippen molar-refractivity contribution in [1.29, 1.82) is 0 Å². The second-order valence-electron chi connectivity index (χ2n) is 18.4. The molecular weight excluding hydrogens is 814 g/mol. The van der Waals surface area contributed by atoms with Gasteiger partial charge in [0.15, 0.2) is 5.82 Å². The average molecular weight is 870 g/mol. The number of morpholine rings is 1. The van der Waals surface area contributed by atoms with E-state index in [1.165, 1.54) is 17.4 Å². The van der Waals surface area contributed by atoms with Crippen LogP contribution in [0.4, 0.5) is 26.4 Å². The number of alkyl halides is 1. The Morgan fingerprint density at radius 2 is 1.73 bits per heavy atom. The van der Waals surface area contributed by atoms with Crippen molar-refractivity contribution in [2.45, 2.75) is 82.0 Å². The molecule has 5 aromatic rings. The average Bonchev–Trinajstić information content (AvgIpc) is 3.64. The number of piperidine rings is 2. The van der Waals surface area contributed by atoms with Crippen molar-refractivity contribution in [3.05, 3.63) is 95.2 Å². The first kappa shape index (κ1) is 41.9. The summed E-state index contributed by atoms with van der Waals surface area (Å²) in [6.07, 6.45) is 8.35. The minimum atomic E-state index is -1.36. The second kappa shape index (κ2) is 17.1. The molecule has 0 spiro atoms. The fourth-order valence-electron chi connectivity index (χ4n) is 10.5. The van der Waals surface area contributed by atoms with E-state index in [2.05, 4.69) is 48.2 Å². The molecule has 4 amide bonds. The number of nitrogen functional groups attached to an aromatic ring is 1. The van der Waals surface area contributed by atoms with E-state index < -0.39 is 5.67 Å². The summed E-state index contributed by atoms with van der Waals surface area (Å²) in [6, 6.07) is 20.9. The number of para-hydroxylation sites is 1. The SMILES string of the molecule is Cc1cc(C(=O)N2CCC(F)(CN3CCC(c4cn(C5CCC5)c5cc(N6CCC(=O)NC6=O)ccc45)CC3)CC2)ccc1[C@H]1CN(c2cc(-c3ccccc3O)nnc2N)CCO1. The first-order valence-corrected chi connectivity index (χ1v) is 22.9. The van der Waals surface area contributed by atoms with Gasteiger partial charge in [0.05, 0.1) is 23.5 Å². The van der Waals surface area contributed by atoms with Crippen molar-refractivity contribution in [3.63, 3.8) is 0 Å². The van der Waals surface area contributed by atoms with Crippen LogP contribution in [0.5, 0.6) is 5.75 Å². The molecule has 0 radical (unpaired) electrons. The van der Waals surface area contributed by atoms with Crippen LogP contribution >= 0.6 is 0 Å². The van der Waals surface area contributed by atoms with E-state index in [0.29, 0.717) is 93.3 Å². The molecule has 5 aliphatic rings. The van der Waals surface area contributed by atoms with Gasteiger partial charge in [0.1, 0.15) is 17.5 Å². The molecule has 2 aromatic heterocycles. The van der Waals surface area contributed by atoms with Crippen LogP contribution < -0.4 is 20.9 Å². The lowest BCUT2D eigenvalue weighted by Gasteiger charge is -2.41. The van der Waals surface area contributed by atoms with E-state index in [0.717, 1.165) is 66.8 Å². The number of hydrogen-bond donors (Lipinski definition) is 3. The number of aromatic nitrogens is 3. The molecule has 4 aliphatic heterocycles. The molecule has 1 atom stereocenters. The molecule has 334 valence electrons. The minimum absolute atomic E-state index is 0.0847. The number of aryl methyl sites for hydroxylation is 1. The zero-order valence-corrected chi connectivity index (χ0v) is 36.3. The highest BCUT2D eigenvalue weighted by Crippen LogP contribution is 2.42. The molecule has 6 heterocycles. The lowest BCUT2D eigenvalue weighted by Crippen LogP contribution is -2.51. The van der Waals surface area contributed by atoms with Gasteiger partial charge in [-0.3, -0.25) is 19.8 Å². The highest BCUT2D eigenvalue weighted by atomic mass is 19.1. The maximum absolute atomic E-state index is 16.6. The van der Waals surface area contributed by atoms with Crippen molar-refractivity contribution in [2.24, 2.45) is 0 Å². The Morgan fingerprint density at radius 1 is 0.938 bits per heavy atom. The number of amides is 4. The molecule has 14 nitrogen and oxygen atoms in total. The number of benzene rings is 3. The number of nitrogens with two attached hydrogens (primary N) is 1. The molecule has 64 heavy (non-hydrogen) atoms. The number of anilines is 3. The maximum Gasteiger partial charge on any atom is 0.328 e. The van der Waals surface area contributed by atoms with Gasteiger partial charge in [0.2, 0.25) is 5.91 Å². The van der Waals surface area contributed by atoms with Gasteiger partial charge in [0.25, 0.3) is 5.91 Å². The fraction of sp³-hybridized carbons (Fsp3) is 0.449. The number of ether oxygens (including phenoxy) is 1. The van der Waals surface area contributed by atoms with Crippen LogP contribution in [-0.4, -0.2) is 112 Å². The summed E-state index contributed by atoms with van der Waals surface area (Å²) in [7, 11) is 0. The molecule has 3 aromatic carbocycles. The molecular formula is C49H56FN9O5. The van der Waals surface area contributed by atoms with Gasteiger partial charge in [-0.25, -0.2) is 9.18 Å². The Kier molecular flexibility index (Phi) is 11.2. The highest BCUT2D eigenvalue weighted by Gasteiger charge is 2.39. The van der Waals surface area contributed by atoms with E-state index in [1.807, 2.05) is 43.3 Å². The number of hydrogen-bond acceptors (Lipinski definition) is 10. The molecule has 4 saturated heterocycles. The quantitative estimate of drug-likeness (QED) is 0.137. The number of carbonyl (C=O) groups excluding carboxylic acids is 3. The summed E-state index contributed by atoms with van der Waals surface area (Å²) in [5.41, 5.74) is 12.6. The Hall–Kier alpha value is -6.06. The standard InChI is InChI=1S/C49H56FN9O5/c1-31-25-33(9-11-36(31)44-29-57(23-24-64-44)42-27-40(53-54-46(42)51)38-7-2-3-8-43(38)60)47(62)56-21-16-49(50,17-22-56)30-55-18-13-32(14-19-55)39-28-59(34-5-4-6-34)41-26-35(10-12-37(39)41)58-20-15-45(61)52-48(58)63/h2-3,7-12,25-28,32,34,44,60H,4-6,13-24,29-30H2,1H3,(H2,51,54)(H,52,61,63)/t44-/m1/s1. The normalized spacial score (nSPS) is 21.3. The number of imide groups is 1. The van der Waals surface area contributed by atoms with Gasteiger partial charge in [-0.15, -0.1) is 10.2 Å². The molecule has 4 N–H and O–H groups in total. The number of nitrogens with one attached hydrogen (secondary N) is 1. The second-order valence-corrected chi connectivity index (χ2v) is 18.4. The minimum Gasteiger partial charge on any atom is -0.507 e.